The van der Waals surface area contributed by atoms with Gasteiger partial charge in [-0.05, 0) is 12.8 Å². The van der Waals surface area contributed by atoms with Gasteiger partial charge < -0.3 is 11.5 Å². The lowest BCUT2D eigenvalue weighted by molar-refractivity contribution is -0.118. The highest BCUT2D eigenvalue weighted by atomic mass is 19.1. The van der Waals surface area contributed by atoms with Crippen molar-refractivity contribution >= 4 is 5.91 Å². The van der Waals surface area contributed by atoms with Gasteiger partial charge in [-0.25, -0.2) is 13.2 Å². The van der Waals surface area contributed by atoms with Crippen LogP contribution in [0.1, 0.15) is 37.3 Å². The van der Waals surface area contributed by atoms with Crippen LogP contribution in [0.15, 0.2) is 12.1 Å². The van der Waals surface area contributed by atoms with Gasteiger partial charge in [0.2, 0.25) is 5.91 Å². The van der Waals surface area contributed by atoms with E-state index in [-0.39, 0.29) is 12.0 Å². The van der Waals surface area contributed by atoms with Crippen molar-refractivity contribution in [2.75, 3.05) is 0 Å². The van der Waals surface area contributed by atoms with Crippen LogP contribution in [-0.4, -0.2) is 5.91 Å². The van der Waals surface area contributed by atoms with Crippen molar-refractivity contribution in [1.29, 1.82) is 0 Å². The molecule has 0 radical (unpaired) electrons. The second kappa shape index (κ2) is 6.39. The zero-order valence-electron chi connectivity index (χ0n) is 9.76. The normalized spacial score (nSPS) is 12.4. The summed E-state index contributed by atoms with van der Waals surface area (Å²) in [7, 11) is 0. The van der Waals surface area contributed by atoms with E-state index < -0.39 is 29.4 Å². The fourth-order valence-electron chi connectivity index (χ4n) is 1.72. The SMILES string of the molecule is NC(=O)CCCCC(N)c1c(F)cc(F)cc1F. The van der Waals surface area contributed by atoms with Crippen LogP contribution in [0.5, 0.6) is 0 Å². The molecule has 100 valence electrons. The molecule has 1 rings (SSSR count). The number of hydrogen-bond donors (Lipinski definition) is 2. The molecule has 6 heteroatoms. The number of hydrogen-bond acceptors (Lipinski definition) is 2. The molecule has 0 aromatic heterocycles. The first kappa shape index (κ1) is 14.5. The van der Waals surface area contributed by atoms with Crippen LogP contribution >= 0.6 is 0 Å². The highest BCUT2D eigenvalue weighted by Gasteiger charge is 2.17. The van der Waals surface area contributed by atoms with Gasteiger partial charge in [0.1, 0.15) is 17.5 Å². The van der Waals surface area contributed by atoms with E-state index in [2.05, 4.69) is 0 Å². The maximum absolute atomic E-state index is 13.4. The maximum atomic E-state index is 13.4. The van der Waals surface area contributed by atoms with E-state index >= 15 is 0 Å². The molecule has 1 amide bonds. The van der Waals surface area contributed by atoms with Crippen molar-refractivity contribution in [3.63, 3.8) is 0 Å². The van der Waals surface area contributed by atoms with E-state index in [1.165, 1.54) is 0 Å². The highest BCUT2D eigenvalue weighted by Crippen LogP contribution is 2.24. The first-order chi connectivity index (χ1) is 8.41. The van der Waals surface area contributed by atoms with Gasteiger partial charge in [-0.15, -0.1) is 0 Å². The van der Waals surface area contributed by atoms with E-state index in [0.717, 1.165) is 0 Å². The molecule has 1 aromatic rings. The van der Waals surface area contributed by atoms with Gasteiger partial charge in [-0.1, -0.05) is 6.42 Å². The van der Waals surface area contributed by atoms with Crippen LogP contribution in [-0.2, 0) is 4.79 Å². The molecule has 0 aliphatic rings. The van der Waals surface area contributed by atoms with Crippen LogP contribution in [0.3, 0.4) is 0 Å². The Kier molecular flexibility index (Phi) is 5.15. The number of amides is 1. The largest absolute Gasteiger partial charge is 0.370 e. The van der Waals surface area contributed by atoms with Gasteiger partial charge in [0, 0.05) is 30.2 Å². The number of carbonyl (C=O) groups is 1. The summed E-state index contributed by atoms with van der Waals surface area (Å²) in [4.78, 5) is 10.5. The third kappa shape index (κ3) is 4.03. The zero-order chi connectivity index (χ0) is 13.7. The minimum atomic E-state index is -0.991. The van der Waals surface area contributed by atoms with E-state index in [1.54, 1.807) is 0 Å². The third-order valence-electron chi connectivity index (χ3n) is 2.60. The van der Waals surface area contributed by atoms with Crippen molar-refractivity contribution in [2.24, 2.45) is 11.5 Å². The molecular formula is C12H15F3N2O. The quantitative estimate of drug-likeness (QED) is 0.769. The molecule has 0 saturated carbocycles. The number of benzene rings is 1. The zero-order valence-corrected chi connectivity index (χ0v) is 9.76. The number of unbranched alkanes of at least 4 members (excludes halogenated alkanes) is 1. The first-order valence-electron chi connectivity index (χ1n) is 5.60. The first-order valence-corrected chi connectivity index (χ1v) is 5.60. The molecule has 0 aliphatic heterocycles. The summed E-state index contributed by atoms with van der Waals surface area (Å²) in [6.45, 7) is 0. The summed E-state index contributed by atoms with van der Waals surface area (Å²) in [5, 5.41) is 0. The van der Waals surface area contributed by atoms with E-state index in [1.807, 2.05) is 0 Å². The Morgan fingerprint density at radius 3 is 2.22 bits per heavy atom. The van der Waals surface area contributed by atoms with Gasteiger partial charge in [-0.3, -0.25) is 4.79 Å². The number of halogens is 3. The predicted octanol–water partition coefficient (Wildman–Crippen LogP) is 2.15. The molecule has 0 heterocycles. The van der Waals surface area contributed by atoms with E-state index in [9.17, 15) is 18.0 Å². The number of rotatable bonds is 6. The van der Waals surface area contributed by atoms with Crippen molar-refractivity contribution in [3.8, 4) is 0 Å². The molecule has 1 atom stereocenters. The second-order valence-corrected chi connectivity index (χ2v) is 4.10. The lowest BCUT2D eigenvalue weighted by Crippen LogP contribution is -2.15. The lowest BCUT2D eigenvalue weighted by atomic mass is 10.00. The van der Waals surface area contributed by atoms with Crippen molar-refractivity contribution < 1.29 is 18.0 Å². The lowest BCUT2D eigenvalue weighted by Gasteiger charge is -2.13. The molecule has 0 spiro atoms. The van der Waals surface area contributed by atoms with Gasteiger partial charge in [-0.2, -0.15) is 0 Å². The fraction of sp³-hybridized carbons (Fsp3) is 0.417. The molecule has 18 heavy (non-hydrogen) atoms. The molecule has 4 N–H and O–H groups in total. The summed E-state index contributed by atoms with van der Waals surface area (Å²) in [6, 6.07) is 0.335. The molecule has 1 unspecified atom stereocenters. The smallest absolute Gasteiger partial charge is 0.217 e. The van der Waals surface area contributed by atoms with Crippen LogP contribution in [0, 0.1) is 17.5 Å². The van der Waals surface area contributed by atoms with Crippen LogP contribution < -0.4 is 11.5 Å². The van der Waals surface area contributed by atoms with Crippen LogP contribution in [0.2, 0.25) is 0 Å². The van der Waals surface area contributed by atoms with Crippen LogP contribution in [0.4, 0.5) is 13.2 Å². The Bertz CT molecular complexity index is 414. The number of primary amides is 1. The second-order valence-electron chi connectivity index (χ2n) is 4.10. The van der Waals surface area contributed by atoms with E-state index in [4.69, 9.17) is 11.5 Å². The Balaban J connectivity index is 2.61. The Hall–Kier alpha value is -1.56. The van der Waals surface area contributed by atoms with Gasteiger partial charge in [0.05, 0.1) is 0 Å². The van der Waals surface area contributed by atoms with Crippen molar-refractivity contribution in [1.82, 2.24) is 0 Å². The van der Waals surface area contributed by atoms with Gasteiger partial charge in [0.15, 0.2) is 0 Å². The summed E-state index contributed by atoms with van der Waals surface area (Å²) in [6.07, 6.45) is 1.53. The number of carbonyl (C=O) groups excluding carboxylic acids is 1. The predicted molar refractivity (Wildman–Crippen MR) is 60.9 cm³/mol. The topological polar surface area (TPSA) is 69.1 Å². The summed E-state index contributed by atoms with van der Waals surface area (Å²) >= 11 is 0. The Morgan fingerprint density at radius 2 is 1.72 bits per heavy atom. The highest BCUT2D eigenvalue weighted by molar-refractivity contribution is 5.73. The maximum Gasteiger partial charge on any atom is 0.217 e. The van der Waals surface area contributed by atoms with Crippen molar-refractivity contribution in [3.05, 3.63) is 35.1 Å². The Morgan fingerprint density at radius 1 is 1.17 bits per heavy atom. The molecule has 0 fully saturated rings. The molecule has 3 nitrogen and oxygen atoms in total. The minimum Gasteiger partial charge on any atom is -0.370 e. The Labute approximate surface area is 103 Å². The monoisotopic (exact) mass is 260 g/mol. The van der Waals surface area contributed by atoms with Gasteiger partial charge >= 0.3 is 0 Å². The molecule has 0 bridgehead atoms. The summed E-state index contributed by atoms with van der Waals surface area (Å²) in [5.41, 5.74) is 10.3. The van der Waals surface area contributed by atoms with Gasteiger partial charge in [0.25, 0.3) is 0 Å². The third-order valence-corrected chi connectivity index (χ3v) is 2.60. The molecular weight excluding hydrogens is 245 g/mol. The summed E-state index contributed by atoms with van der Waals surface area (Å²) < 4.78 is 39.4. The summed E-state index contributed by atoms with van der Waals surface area (Å²) in [5.74, 6) is -3.39. The molecule has 0 saturated heterocycles. The number of nitrogens with two attached hydrogens (primary N) is 2. The minimum absolute atomic E-state index is 0.209. The molecule has 0 aliphatic carbocycles. The van der Waals surface area contributed by atoms with Crippen LogP contribution in [0.25, 0.3) is 0 Å². The van der Waals surface area contributed by atoms with E-state index in [0.29, 0.717) is 31.4 Å². The van der Waals surface area contributed by atoms with Crippen molar-refractivity contribution in [2.45, 2.75) is 31.7 Å². The molecule has 1 aromatic carbocycles. The fourth-order valence-corrected chi connectivity index (χ4v) is 1.72. The average molecular weight is 260 g/mol. The average Bonchev–Trinajstić information content (AvgIpc) is 2.22. The standard InChI is InChI=1S/C12H15F3N2O/c13-7-5-8(14)12(9(15)6-7)10(16)3-1-2-4-11(17)18/h5-6,10H,1-4,16H2,(H2,17,18).